The van der Waals surface area contributed by atoms with Gasteiger partial charge in [0.1, 0.15) is 5.82 Å². The Kier molecular flexibility index (Phi) is 2.40. The van der Waals surface area contributed by atoms with E-state index in [0.717, 1.165) is 18.4 Å². The van der Waals surface area contributed by atoms with Gasteiger partial charge in [0.05, 0.1) is 0 Å². The van der Waals surface area contributed by atoms with Crippen molar-refractivity contribution in [2.75, 3.05) is 0 Å². The van der Waals surface area contributed by atoms with Crippen LogP contribution in [0, 0.1) is 5.82 Å². The van der Waals surface area contributed by atoms with Crippen molar-refractivity contribution >= 4 is 5.97 Å². The maximum absolute atomic E-state index is 13.8. The van der Waals surface area contributed by atoms with Crippen LogP contribution in [0.3, 0.4) is 0 Å². The second-order valence-corrected chi connectivity index (χ2v) is 4.39. The largest absolute Gasteiger partial charge is 0.476 e. The highest BCUT2D eigenvalue weighted by Crippen LogP contribution is 2.41. The van der Waals surface area contributed by atoms with E-state index in [1.807, 2.05) is 0 Å². The number of nitrogens with zero attached hydrogens (tertiary/aromatic N) is 1. The van der Waals surface area contributed by atoms with Gasteiger partial charge in [-0.2, -0.15) is 0 Å². The fourth-order valence-electron chi connectivity index (χ4n) is 1.92. The number of hydrogen-bond acceptors (Lipinski definition) is 3. The molecule has 0 aliphatic heterocycles. The lowest BCUT2D eigenvalue weighted by Gasteiger charge is -2.02. The van der Waals surface area contributed by atoms with E-state index >= 15 is 0 Å². The third-order valence-corrected chi connectivity index (χ3v) is 3.03. The van der Waals surface area contributed by atoms with Gasteiger partial charge < -0.3 is 9.63 Å². The molecule has 1 aliphatic rings. The topological polar surface area (TPSA) is 63.3 Å². The number of rotatable bonds is 3. The summed E-state index contributed by atoms with van der Waals surface area (Å²) in [7, 11) is 0. The van der Waals surface area contributed by atoms with E-state index in [4.69, 9.17) is 9.63 Å². The Bertz CT molecular complexity index is 616. The van der Waals surface area contributed by atoms with E-state index < -0.39 is 5.97 Å². The van der Waals surface area contributed by atoms with Gasteiger partial charge in [0.15, 0.2) is 11.5 Å². The molecule has 5 heteroatoms. The van der Waals surface area contributed by atoms with Gasteiger partial charge in [-0.3, -0.25) is 0 Å². The number of benzene rings is 1. The first-order valence-corrected chi connectivity index (χ1v) is 5.65. The van der Waals surface area contributed by atoms with E-state index in [0.29, 0.717) is 11.5 Å². The quantitative estimate of drug-likeness (QED) is 0.905. The molecule has 18 heavy (non-hydrogen) atoms. The number of carboxylic acids is 1. The summed E-state index contributed by atoms with van der Waals surface area (Å²) >= 11 is 0. The highest BCUT2D eigenvalue weighted by atomic mass is 19.1. The van der Waals surface area contributed by atoms with Gasteiger partial charge >= 0.3 is 5.97 Å². The van der Waals surface area contributed by atoms with Gasteiger partial charge in [0.2, 0.25) is 0 Å². The average Bonchev–Trinajstić information content (AvgIpc) is 3.05. The van der Waals surface area contributed by atoms with E-state index in [1.54, 1.807) is 12.1 Å². The molecule has 1 aromatic heterocycles. The van der Waals surface area contributed by atoms with E-state index in [1.165, 1.54) is 12.1 Å². The molecular weight excluding hydrogens is 237 g/mol. The summed E-state index contributed by atoms with van der Waals surface area (Å²) in [6.07, 6.45) is 2.06. The molecule has 0 spiro atoms. The fourth-order valence-corrected chi connectivity index (χ4v) is 1.92. The van der Waals surface area contributed by atoms with Crippen molar-refractivity contribution in [2.45, 2.75) is 18.8 Å². The SMILES string of the molecule is O=C(O)c1cc(-c2ccc(C3CC3)c(F)c2)on1. The maximum Gasteiger partial charge on any atom is 0.358 e. The summed E-state index contributed by atoms with van der Waals surface area (Å²) < 4.78 is 18.7. The monoisotopic (exact) mass is 247 g/mol. The summed E-state index contributed by atoms with van der Waals surface area (Å²) in [6, 6.07) is 6.10. The van der Waals surface area contributed by atoms with Gasteiger partial charge in [0, 0.05) is 11.6 Å². The highest BCUT2D eigenvalue weighted by Gasteiger charge is 2.26. The Labute approximate surface area is 102 Å². The van der Waals surface area contributed by atoms with Crippen LogP contribution in [0.4, 0.5) is 4.39 Å². The first kappa shape index (κ1) is 11.0. The number of carboxylic acid groups (broad SMARTS) is 1. The Balaban J connectivity index is 1.95. The lowest BCUT2D eigenvalue weighted by atomic mass is 10.1. The average molecular weight is 247 g/mol. The number of hydrogen-bond donors (Lipinski definition) is 1. The Morgan fingerprint density at radius 3 is 2.72 bits per heavy atom. The molecule has 1 saturated carbocycles. The van der Waals surface area contributed by atoms with Gasteiger partial charge in [-0.25, -0.2) is 9.18 Å². The highest BCUT2D eigenvalue weighted by molar-refractivity contribution is 5.86. The maximum atomic E-state index is 13.8. The van der Waals surface area contributed by atoms with Crippen LogP contribution in [0.25, 0.3) is 11.3 Å². The molecular formula is C13H10FNO3. The molecule has 0 unspecified atom stereocenters. The van der Waals surface area contributed by atoms with E-state index in [9.17, 15) is 9.18 Å². The fraction of sp³-hybridized carbons (Fsp3) is 0.231. The van der Waals surface area contributed by atoms with E-state index in [2.05, 4.69) is 5.16 Å². The van der Waals surface area contributed by atoms with Crippen molar-refractivity contribution in [3.63, 3.8) is 0 Å². The van der Waals surface area contributed by atoms with Crippen LogP contribution in [0.1, 0.15) is 34.8 Å². The minimum atomic E-state index is -1.17. The van der Waals surface area contributed by atoms with Crippen molar-refractivity contribution in [1.82, 2.24) is 5.16 Å². The molecule has 92 valence electrons. The molecule has 2 aromatic rings. The molecule has 0 bridgehead atoms. The summed E-state index contributed by atoms with van der Waals surface area (Å²) in [6.45, 7) is 0. The molecule has 4 nitrogen and oxygen atoms in total. The standard InChI is InChI=1S/C13H10FNO3/c14-10-5-8(3-4-9(10)7-1-2-7)12-6-11(13(16)17)15-18-12/h3-7H,1-2H2,(H,16,17). The molecule has 1 fully saturated rings. The zero-order valence-corrected chi connectivity index (χ0v) is 9.39. The Hall–Kier alpha value is -2.17. The minimum Gasteiger partial charge on any atom is -0.476 e. The molecule has 1 heterocycles. The number of aromatic carboxylic acids is 1. The predicted molar refractivity (Wildman–Crippen MR) is 60.8 cm³/mol. The number of aromatic nitrogens is 1. The van der Waals surface area contributed by atoms with Crippen LogP contribution in [0.2, 0.25) is 0 Å². The molecule has 3 rings (SSSR count). The van der Waals surface area contributed by atoms with Crippen molar-refractivity contribution in [3.8, 4) is 11.3 Å². The third-order valence-electron chi connectivity index (χ3n) is 3.03. The second kappa shape index (κ2) is 3.94. The molecule has 0 amide bonds. The molecule has 1 aromatic carbocycles. The second-order valence-electron chi connectivity index (χ2n) is 4.39. The van der Waals surface area contributed by atoms with Gasteiger partial charge in [-0.15, -0.1) is 0 Å². The van der Waals surface area contributed by atoms with Crippen molar-refractivity contribution in [2.24, 2.45) is 0 Å². The van der Waals surface area contributed by atoms with Crippen LogP contribution in [0.15, 0.2) is 28.8 Å². The zero-order chi connectivity index (χ0) is 12.7. The van der Waals surface area contributed by atoms with Crippen molar-refractivity contribution in [3.05, 3.63) is 41.3 Å². The molecule has 1 aliphatic carbocycles. The van der Waals surface area contributed by atoms with Gasteiger partial charge in [-0.05, 0) is 30.4 Å². The van der Waals surface area contributed by atoms with Crippen LogP contribution < -0.4 is 0 Å². The normalized spacial score (nSPS) is 14.7. The van der Waals surface area contributed by atoms with Crippen LogP contribution in [-0.2, 0) is 0 Å². The molecule has 0 radical (unpaired) electrons. The lowest BCUT2D eigenvalue weighted by molar-refractivity contribution is 0.0686. The first-order valence-electron chi connectivity index (χ1n) is 5.65. The number of halogens is 1. The van der Waals surface area contributed by atoms with Gasteiger partial charge in [-0.1, -0.05) is 17.3 Å². The van der Waals surface area contributed by atoms with Gasteiger partial charge in [0.25, 0.3) is 0 Å². The van der Waals surface area contributed by atoms with Crippen molar-refractivity contribution in [1.29, 1.82) is 0 Å². The molecule has 1 N–H and O–H groups in total. The van der Waals surface area contributed by atoms with Crippen LogP contribution >= 0.6 is 0 Å². The Morgan fingerprint density at radius 1 is 1.39 bits per heavy atom. The van der Waals surface area contributed by atoms with E-state index in [-0.39, 0.29) is 17.3 Å². The van der Waals surface area contributed by atoms with Crippen LogP contribution in [-0.4, -0.2) is 16.2 Å². The van der Waals surface area contributed by atoms with Crippen molar-refractivity contribution < 1.29 is 18.8 Å². The Morgan fingerprint density at radius 2 is 2.17 bits per heavy atom. The number of carbonyl (C=O) groups is 1. The lowest BCUT2D eigenvalue weighted by Crippen LogP contribution is -1.94. The summed E-state index contributed by atoms with van der Waals surface area (Å²) in [5, 5.41) is 12.1. The smallest absolute Gasteiger partial charge is 0.358 e. The third kappa shape index (κ3) is 1.88. The minimum absolute atomic E-state index is 0.184. The molecule has 0 saturated heterocycles. The summed E-state index contributed by atoms with van der Waals surface area (Å²) in [5.41, 5.74) is 1.03. The van der Waals surface area contributed by atoms with Crippen LogP contribution in [0.5, 0.6) is 0 Å². The summed E-state index contributed by atoms with van der Waals surface area (Å²) in [5.74, 6) is -0.847. The summed E-state index contributed by atoms with van der Waals surface area (Å²) in [4.78, 5) is 10.7. The first-order chi connectivity index (χ1) is 8.65. The zero-order valence-electron chi connectivity index (χ0n) is 9.39. The predicted octanol–water partition coefficient (Wildman–Crippen LogP) is 3.06. The molecule has 0 atom stereocenters.